The third-order valence-corrected chi connectivity index (χ3v) is 4.57. The lowest BCUT2D eigenvalue weighted by molar-refractivity contribution is -0.137. The number of carbonyl (C=O) groups is 1. The molecule has 0 aromatic rings. The molecule has 0 fully saturated rings. The molecule has 0 rings (SSSR count). The van der Waals surface area contributed by atoms with Crippen molar-refractivity contribution in [2.45, 2.75) is 46.5 Å². The van der Waals surface area contributed by atoms with Crippen LogP contribution in [0.1, 0.15) is 46.5 Å². The first-order chi connectivity index (χ1) is 8.28. The van der Waals surface area contributed by atoms with Crippen molar-refractivity contribution in [2.24, 2.45) is 11.8 Å². The summed E-state index contributed by atoms with van der Waals surface area (Å²) in [5, 5.41) is 8.66. The van der Waals surface area contributed by atoms with Gasteiger partial charge in [0.05, 0.1) is 5.75 Å². The minimum atomic E-state index is -3.15. The van der Waals surface area contributed by atoms with Crippen LogP contribution < -0.4 is 4.72 Å². The number of nitrogens with one attached hydrogen (secondary N) is 1. The minimum Gasteiger partial charge on any atom is -0.481 e. The smallest absolute Gasteiger partial charge is 0.303 e. The van der Waals surface area contributed by atoms with Crippen molar-refractivity contribution < 1.29 is 18.3 Å². The van der Waals surface area contributed by atoms with Gasteiger partial charge in [-0.15, -0.1) is 0 Å². The second kappa shape index (κ2) is 8.48. The van der Waals surface area contributed by atoms with E-state index in [4.69, 9.17) is 5.11 Å². The van der Waals surface area contributed by atoms with Crippen molar-refractivity contribution in [2.75, 3.05) is 12.3 Å². The Labute approximate surface area is 110 Å². The van der Waals surface area contributed by atoms with Crippen molar-refractivity contribution in [3.05, 3.63) is 0 Å². The summed E-state index contributed by atoms with van der Waals surface area (Å²) in [6.45, 7) is 6.29. The van der Waals surface area contributed by atoms with Gasteiger partial charge in [0.25, 0.3) is 0 Å². The molecule has 0 aliphatic rings. The summed E-state index contributed by atoms with van der Waals surface area (Å²) in [5.41, 5.74) is 0. The first-order valence-corrected chi connectivity index (χ1v) is 8.12. The first-order valence-electron chi connectivity index (χ1n) is 6.47. The molecule has 0 amide bonds. The van der Waals surface area contributed by atoms with Gasteiger partial charge in [-0.25, -0.2) is 13.1 Å². The lowest BCUT2D eigenvalue weighted by Crippen LogP contribution is -2.29. The van der Waals surface area contributed by atoms with Gasteiger partial charge >= 0.3 is 5.97 Å². The van der Waals surface area contributed by atoms with Crippen LogP contribution in [0.3, 0.4) is 0 Å². The van der Waals surface area contributed by atoms with Crippen LogP contribution in [0.5, 0.6) is 0 Å². The fourth-order valence-electron chi connectivity index (χ4n) is 1.86. The zero-order valence-corrected chi connectivity index (χ0v) is 12.3. The maximum atomic E-state index is 11.4. The number of carboxylic acid groups (broad SMARTS) is 1. The van der Waals surface area contributed by atoms with Crippen LogP contribution in [-0.4, -0.2) is 31.8 Å². The average Bonchev–Trinajstić information content (AvgIpc) is 2.21. The molecule has 0 saturated heterocycles. The fourth-order valence-corrected chi connectivity index (χ4v) is 2.97. The highest BCUT2D eigenvalue weighted by Gasteiger charge is 2.16. The van der Waals surface area contributed by atoms with Gasteiger partial charge in [0.2, 0.25) is 10.0 Å². The number of aliphatic carboxylic acids is 1. The number of hydrogen-bond donors (Lipinski definition) is 2. The molecule has 0 aliphatic carbocycles. The molecule has 1 unspecified atom stereocenters. The van der Waals surface area contributed by atoms with E-state index < -0.39 is 16.0 Å². The molecule has 0 radical (unpaired) electrons. The van der Waals surface area contributed by atoms with E-state index in [1.807, 2.05) is 20.8 Å². The topological polar surface area (TPSA) is 83.5 Å². The molecule has 1 atom stereocenters. The van der Waals surface area contributed by atoms with E-state index in [9.17, 15) is 13.2 Å². The molecule has 0 aromatic carbocycles. The maximum absolute atomic E-state index is 11.4. The van der Waals surface area contributed by atoms with Crippen molar-refractivity contribution >= 4 is 16.0 Å². The summed E-state index contributed by atoms with van der Waals surface area (Å²) >= 11 is 0. The molecular weight excluding hydrogens is 254 g/mol. The molecule has 0 spiro atoms. The normalized spacial score (nSPS) is 13.8. The Morgan fingerprint density at radius 3 is 2.33 bits per heavy atom. The van der Waals surface area contributed by atoms with Gasteiger partial charge < -0.3 is 5.11 Å². The summed E-state index contributed by atoms with van der Waals surface area (Å²) in [5.74, 6) is -0.0493. The molecule has 0 aromatic heterocycles. The summed E-state index contributed by atoms with van der Waals surface area (Å²) in [7, 11) is -3.15. The summed E-state index contributed by atoms with van der Waals surface area (Å²) in [4.78, 5) is 10.5. The monoisotopic (exact) mass is 279 g/mol. The SMILES string of the molecule is CCCS(=O)(=O)NCCC(CCC(=O)O)C(C)C. The average molecular weight is 279 g/mol. The highest BCUT2D eigenvalue weighted by atomic mass is 32.2. The Morgan fingerprint density at radius 1 is 1.28 bits per heavy atom. The van der Waals surface area contributed by atoms with Gasteiger partial charge in [-0.2, -0.15) is 0 Å². The van der Waals surface area contributed by atoms with Crippen LogP contribution in [0.15, 0.2) is 0 Å². The predicted octanol–water partition coefficient (Wildman–Crippen LogP) is 1.84. The highest BCUT2D eigenvalue weighted by Crippen LogP contribution is 2.20. The van der Waals surface area contributed by atoms with Gasteiger partial charge in [-0.1, -0.05) is 20.8 Å². The van der Waals surface area contributed by atoms with Crippen LogP contribution in [0.25, 0.3) is 0 Å². The zero-order chi connectivity index (χ0) is 14.2. The van der Waals surface area contributed by atoms with E-state index in [2.05, 4.69) is 4.72 Å². The van der Waals surface area contributed by atoms with Gasteiger partial charge in [0.1, 0.15) is 0 Å². The largest absolute Gasteiger partial charge is 0.481 e. The van der Waals surface area contributed by atoms with Crippen LogP contribution in [0.2, 0.25) is 0 Å². The van der Waals surface area contributed by atoms with E-state index in [-0.39, 0.29) is 18.1 Å². The molecule has 0 bridgehead atoms. The first kappa shape index (κ1) is 17.4. The van der Waals surface area contributed by atoms with E-state index in [1.54, 1.807) is 0 Å². The van der Waals surface area contributed by atoms with Crippen molar-refractivity contribution in [1.82, 2.24) is 4.72 Å². The van der Waals surface area contributed by atoms with E-state index >= 15 is 0 Å². The Bertz CT molecular complexity index is 338. The third-order valence-electron chi connectivity index (χ3n) is 2.98. The molecule has 6 heteroatoms. The van der Waals surface area contributed by atoms with E-state index in [1.165, 1.54) is 0 Å². The van der Waals surface area contributed by atoms with Gasteiger partial charge in [0, 0.05) is 13.0 Å². The second-order valence-electron chi connectivity index (χ2n) is 4.94. The standard InChI is InChI=1S/C12H25NO4S/c1-4-9-18(16,17)13-8-7-11(10(2)3)5-6-12(14)15/h10-11,13H,4-9H2,1-3H3,(H,14,15). The van der Waals surface area contributed by atoms with Crippen LogP contribution in [-0.2, 0) is 14.8 Å². The van der Waals surface area contributed by atoms with Gasteiger partial charge in [-0.05, 0) is 31.1 Å². The van der Waals surface area contributed by atoms with Crippen molar-refractivity contribution in [3.8, 4) is 0 Å². The van der Waals surface area contributed by atoms with Crippen LogP contribution >= 0.6 is 0 Å². The third kappa shape index (κ3) is 8.47. The Balaban J connectivity index is 4.08. The zero-order valence-electron chi connectivity index (χ0n) is 11.5. The van der Waals surface area contributed by atoms with Crippen LogP contribution in [0, 0.1) is 11.8 Å². The Hall–Kier alpha value is -0.620. The molecule has 5 nitrogen and oxygen atoms in total. The van der Waals surface area contributed by atoms with E-state index in [0.29, 0.717) is 31.7 Å². The molecule has 0 heterocycles. The molecule has 0 aliphatic heterocycles. The fraction of sp³-hybridized carbons (Fsp3) is 0.917. The lowest BCUT2D eigenvalue weighted by atomic mass is 9.88. The quantitative estimate of drug-likeness (QED) is 0.639. The lowest BCUT2D eigenvalue weighted by Gasteiger charge is -2.20. The maximum Gasteiger partial charge on any atom is 0.303 e. The number of carboxylic acids is 1. The molecule has 18 heavy (non-hydrogen) atoms. The summed E-state index contributed by atoms with van der Waals surface area (Å²) < 4.78 is 25.4. The number of rotatable bonds is 10. The Kier molecular flexibility index (Phi) is 8.18. The summed E-state index contributed by atoms with van der Waals surface area (Å²) in [6.07, 6.45) is 2.03. The van der Waals surface area contributed by atoms with Crippen LogP contribution in [0.4, 0.5) is 0 Å². The second-order valence-corrected chi connectivity index (χ2v) is 6.86. The van der Waals surface area contributed by atoms with Crippen molar-refractivity contribution in [1.29, 1.82) is 0 Å². The molecule has 0 saturated carbocycles. The number of sulfonamides is 1. The Morgan fingerprint density at radius 2 is 1.89 bits per heavy atom. The van der Waals surface area contributed by atoms with Gasteiger partial charge in [-0.3, -0.25) is 4.79 Å². The molecular formula is C12H25NO4S. The summed E-state index contributed by atoms with van der Waals surface area (Å²) in [6, 6.07) is 0. The predicted molar refractivity (Wildman–Crippen MR) is 71.9 cm³/mol. The van der Waals surface area contributed by atoms with E-state index in [0.717, 1.165) is 0 Å². The minimum absolute atomic E-state index is 0.143. The molecule has 108 valence electrons. The highest BCUT2D eigenvalue weighted by molar-refractivity contribution is 7.89. The van der Waals surface area contributed by atoms with Crippen molar-refractivity contribution in [3.63, 3.8) is 0 Å². The molecule has 2 N–H and O–H groups in total. The van der Waals surface area contributed by atoms with Gasteiger partial charge in [0.15, 0.2) is 0 Å². The number of hydrogen-bond acceptors (Lipinski definition) is 3.